The summed E-state index contributed by atoms with van der Waals surface area (Å²) in [6.45, 7) is 3.75. The lowest BCUT2D eigenvalue weighted by atomic mass is 10.1. The first-order valence-electron chi connectivity index (χ1n) is 8.08. The summed E-state index contributed by atoms with van der Waals surface area (Å²) in [4.78, 5) is 35.5. The Hall–Kier alpha value is -3.20. The number of nitrogens with zero attached hydrogens (tertiary/aromatic N) is 2. The second-order valence-electron chi connectivity index (χ2n) is 5.59. The number of amides is 2. The number of carbonyl (C=O) groups is 2. The molecule has 0 bridgehead atoms. The molecule has 0 saturated heterocycles. The van der Waals surface area contributed by atoms with Gasteiger partial charge in [-0.3, -0.25) is 19.8 Å². The van der Waals surface area contributed by atoms with Crippen LogP contribution in [0.5, 0.6) is 5.75 Å². The molecule has 1 aromatic heterocycles. The van der Waals surface area contributed by atoms with Gasteiger partial charge in [0.1, 0.15) is 11.3 Å². The van der Waals surface area contributed by atoms with Gasteiger partial charge in [0.05, 0.1) is 11.2 Å². The molecule has 2 aromatic rings. The highest BCUT2D eigenvalue weighted by Gasteiger charge is 2.18. The normalized spacial score (nSPS) is 11.4. The summed E-state index contributed by atoms with van der Waals surface area (Å²) in [6.07, 6.45) is -0.191. The molecule has 2 rings (SSSR count). The van der Waals surface area contributed by atoms with Crippen LogP contribution in [0.4, 0.5) is 0 Å². The number of carbonyl (C=O) groups excluding carboxylic acids is 2. The van der Waals surface area contributed by atoms with E-state index in [9.17, 15) is 19.5 Å². The average Bonchev–Trinajstić information content (AvgIpc) is 2.64. The van der Waals surface area contributed by atoms with Gasteiger partial charge in [-0.25, -0.2) is 11.3 Å². The monoisotopic (exact) mass is 359 g/mol. The number of aromatic hydroxyl groups is 1. The number of fused-ring (bicyclic) bond motifs is 1. The Morgan fingerprint density at radius 2 is 1.88 bits per heavy atom. The van der Waals surface area contributed by atoms with E-state index in [1.54, 1.807) is 24.3 Å². The molecular weight excluding hydrogens is 338 g/mol. The van der Waals surface area contributed by atoms with Crippen molar-refractivity contribution >= 4 is 28.4 Å². The first-order valence-corrected chi connectivity index (χ1v) is 8.08. The van der Waals surface area contributed by atoms with E-state index in [0.717, 1.165) is 0 Å². The SMILES string of the molecule is CCn1c(=O)c(C(C)=NNC(=O)CCC(=O)NN)c(O)c2ccccc21. The van der Waals surface area contributed by atoms with Crippen molar-refractivity contribution in [1.82, 2.24) is 15.4 Å². The number of pyridine rings is 1. The standard InChI is InChI=1S/C17H21N5O4/c1-3-22-12-7-5-4-6-11(12)16(25)15(17(22)26)10(2)20-21-14(24)9-8-13(23)19-18/h4-7,25H,3,8-9,18H2,1-2H3,(H,19,23)(H,21,24). The van der Waals surface area contributed by atoms with Crippen molar-refractivity contribution in [3.63, 3.8) is 0 Å². The quantitative estimate of drug-likeness (QED) is 0.255. The zero-order valence-corrected chi connectivity index (χ0v) is 14.6. The molecule has 0 unspecified atom stereocenters. The van der Waals surface area contributed by atoms with Gasteiger partial charge in [-0.2, -0.15) is 5.10 Å². The van der Waals surface area contributed by atoms with E-state index < -0.39 is 17.4 Å². The predicted octanol–water partition coefficient (Wildman–Crippen LogP) is 0.337. The molecule has 9 heteroatoms. The number of hydrazone groups is 1. The van der Waals surface area contributed by atoms with E-state index in [0.29, 0.717) is 17.4 Å². The van der Waals surface area contributed by atoms with Crippen LogP contribution < -0.4 is 22.3 Å². The molecule has 0 aliphatic heterocycles. The largest absolute Gasteiger partial charge is 0.506 e. The van der Waals surface area contributed by atoms with Crippen LogP contribution in [0.1, 0.15) is 32.3 Å². The van der Waals surface area contributed by atoms with E-state index >= 15 is 0 Å². The highest BCUT2D eigenvalue weighted by Crippen LogP contribution is 2.26. The fraction of sp³-hybridized carbons (Fsp3) is 0.294. The van der Waals surface area contributed by atoms with Crippen LogP contribution in [0.3, 0.4) is 0 Å². The minimum absolute atomic E-state index is 0.0190. The number of hydrazine groups is 1. The average molecular weight is 359 g/mol. The smallest absolute Gasteiger partial charge is 0.263 e. The highest BCUT2D eigenvalue weighted by atomic mass is 16.3. The topological polar surface area (TPSA) is 139 Å². The number of aryl methyl sites for hydroxylation is 1. The van der Waals surface area contributed by atoms with Crippen LogP contribution >= 0.6 is 0 Å². The number of nitrogens with one attached hydrogen (secondary N) is 2. The van der Waals surface area contributed by atoms with Gasteiger partial charge in [-0.05, 0) is 26.0 Å². The Kier molecular flexibility index (Phi) is 6.07. The van der Waals surface area contributed by atoms with Crippen LogP contribution in [-0.4, -0.2) is 27.2 Å². The highest BCUT2D eigenvalue weighted by molar-refractivity contribution is 6.05. The molecule has 0 aliphatic rings. The zero-order chi connectivity index (χ0) is 19.3. The van der Waals surface area contributed by atoms with Gasteiger partial charge in [0.2, 0.25) is 11.8 Å². The Balaban J connectivity index is 2.35. The lowest BCUT2D eigenvalue weighted by molar-refractivity contribution is -0.126. The third-order valence-corrected chi connectivity index (χ3v) is 3.91. The van der Waals surface area contributed by atoms with Crippen LogP contribution in [0.2, 0.25) is 0 Å². The molecule has 138 valence electrons. The third kappa shape index (κ3) is 3.89. The summed E-state index contributed by atoms with van der Waals surface area (Å²) in [5.41, 5.74) is 4.59. The van der Waals surface area contributed by atoms with E-state index in [-0.39, 0.29) is 29.9 Å². The number of aromatic nitrogens is 1. The van der Waals surface area contributed by atoms with Crippen molar-refractivity contribution in [3.05, 3.63) is 40.2 Å². The molecule has 0 radical (unpaired) electrons. The van der Waals surface area contributed by atoms with Crippen molar-refractivity contribution in [3.8, 4) is 5.75 Å². The molecule has 26 heavy (non-hydrogen) atoms. The van der Waals surface area contributed by atoms with Crippen LogP contribution in [0.15, 0.2) is 34.2 Å². The molecule has 0 atom stereocenters. The van der Waals surface area contributed by atoms with E-state index in [1.807, 2.05) is 12.3 Å². The van der Waals surface area contributed by atoms with Crippen molar-refractivity contribution in [2.24, 2.45) is 10.9 Å². The number of hydrogen-bond acceptors (Lipinski definition) is 6. The number of rotatable bonds is 6. The van der Waals surface area contributed by atoms with Gasteiger partial charge < -0.3 is 9.67 Å². The second-order valence-corrected chi connectivity index (χ2v) is 5.59. The summed E-state index contributed by atoms with van der Waals surface area (Å²) >= 11 is 0. The predicted molar refractivity (Wildman–Crippen MR) is 97.5 cm³/mol. The van der Waals surface area contributed by atoms with E-state index in [1.165, 1.54) is 11.5 Å². The molecular formula is C17H21N5O4. The first kappa shape index (κ1) is 19.1. The Morgan fingerprint density at radius 1 is 1.23 bits per heavy atom. The molecule has 1 aromatic carbocycles. The van der Waals surface area contributed by atoms with E-state index in [2.05, 4.69) is 10.5 Å². The lowest BCUT2D eigenvalue weighted by Crippen LogP contribution is -2.31. The van der Waals surface area contributed by atoms with Crippen molar-refractivity contribution < 1.29 is 14.7 Å². The maximum Gasteiger partial charge on any atom is 0.263 e. The molecule has 2 amide bonds. The van der Waals surface area contributed by atoms with Crippen LogP contribution in [0.25, 0.3) is 10.9 Å². The van der Waals surface area contributed by atoms with Crippen molar-refractivity contribution in [2.45, 2.75) is 33.2 Å². The maximum atomic E-state index is 12.7. The molecule has 5 N–H and O–H groups in total. The van der Waals surface area contributed by atoms with Gasteiger partial charge in [-0.1, -0.05) is 12.1 Å². The summed E-state index contributed by atoms with van der Waals surface area (Å²) in [6, 6.07) is 7.00. The molecule has 0 spiro atoms. The van der Waals surface area contributed by atoms with Gasteiger partial charge in [0.25, 0.3) is 5.56 Å². The van der Waals surface area contributed by atoms with Gasteiger partial charge in [0.15, 0.2) is 0 Å². The third-order valence-electron chi connectivity index (χ3n) is 3.91. The molecule has 9 nitrogen and oxygen atoms in total. The minimum atomic E-state index is -0.510. The van der Waals surface area contributed by atoms with Crippen LogP contribution in [-0.2, 0) is 16.1 Å². The number of benzene rings is 1. The molecule has 1 heterocycles. The number of para-hydroxylation sites is 1. The van der Waals surface area contributed by atoms with Gasteiger partial charge >= 0.3 is 0 Å². The van der Waals surface area contributed by atoms with E-state index in [4.69, 9.17) is 5.84 Å². The molecule has 0 fully saturated rings. The van der Waals surface area contributed by atoms with Crippen molar-refractivity contribution in [2.75, 3.05) is 0 Å². The second kappa shape index (κ2) is 8.26. The molecule has 0 aliphatic carbocycles. The minimum Gasteiger partial charge on any atom is -0.506 e. The Bertz CT molecular complexity index is 933. The molecule has 0 saturated carbocycles. The first-order chi connectivity index (χ1) is 12.4. The van der Waals surface area contributed by atoms with Crippen LogP contribution in [0, 0.1) is 0 Å². The summed E-state index contributed by atoms with van der Waals surface area (Å²) < 4.78 is 1.52. The summed E-state index contributed by atoms with van der Waals surface area (Å²) in [7, 11) is 0. The Labute approximate surface area is 149 Å². The Morgan fingerprint density at radius 3 is 2.54 bits per heavy atom. The maximum absolute atomic E-state index is 12.7. The fourth-order valence-corrected chi connectivity index (χ4v) is 2.59. The van der Waals surface area contributed by atoms with Crippen molar-refractivity contribution in [1.29, 1.82) is 0 Å². The lowest BCUT2D eigenvalue weighted by Gasteiger charge is -2.13. The van der Waals surface area contributed by atoms with Gasteiger partial charge in [0, 0.05) is 24.8 Å². The van der Waals surface area contributed by atoms with Gasteiger partial charge in [-0.15, -0.1) is 0 Å². The zero-order valence-electron chi connectivity index (χ0n) is 14.6. The number of hydrogen-bond donors (Lipinski definition) is 4. The fourth-order valence-electron chi connectivity index (χ4n) is 2.59. The number of nitrogens with two attached hydrogens (primary N) is 1. The summed E-state index contributed by atoms with van der Waals surface area (Å²) in [5.74, 6) is 3.77. The summed E-state index contributed by atoms with van der Waals surface area (Å²) in [5, 5.41) is 14.9.